The summed E-state index contributed by atoms with van der Waals surface area (Å²) in [7, 11) is 0. The number of ether oxygens (including phenoxy) is 2. The van der Waals surface area contributed by atoms with Crippen LogP contribution in [0.1, 0.15) is 11.1 Å². The van der Waals surface area contributed by atoms with Gasteiger partial charge in [-0.05, 0) is 39.2 Å². The quantitative estimate of drug-likeness (QED) is 0.563. The monoisotopic (exact) mass is 368 g/mol. The van der Waals surface area contributed by atoms with Gasteiger partial charge in [-0.15, -0.1) is 0 Å². The second-order valence-electron chi connectivity index (χ2n) is 5.14. The highest BCUT2D eigenvalue weighted by atomic mass is 79.9. The van der Waals surface area contributed by atoms with E-state index < -0.39 is 0 Å². The van der Waals surface area contributed by atoms with Gasteiger partial charge in [-0.1, -0.05) is 60.7 Å². The number of hydrogen-bond acceptors (Lipinski definition) is 2. The maximum absolute atomic E-state index is 5.89. The second-order valence-corrected chi connectivity index (χ2v) is 6.00. The van der Waals surface area contributed by atoms with Gasteiger partial charge in [-0.2, -0.15) is 0 Å². The molecule has 0 bridgehead atoms. The Morgan fingerprint density at radius 1 is 0.652 bits per heavy atom. The molecule has 0 saturated heterocycles. The largest absolute Gasteiger partial charge is 0.489 e. The molecule has 3 heteroatoms. The van der Waals surface area contributed by atoms with Gasteiger partial charge in [0, 0.05) is 6.07 Å². The highest BCUT2D eigenvalue weighted by Crippen LogP contribution is 2.30. The van der Waals surface area contributed by atoms with E-state index in [9.17, 15) is 0 Å². The molecule has 0 aromatic heterocycles. The fourth-order valence-corrected chi connectivity index (χ4v) is 2.52. The molecule has 23 heavy (non-hydrogen) atoms. The van der Waals surface area contributed by atoms with Crippen LogP contribution in [0.25, 0.3) is 0 Å². The van der Waals surface area contributed by atoms with Crippen LogP contribution in [0.3, 0.4) is 0 Å². The Morgan fingerprint density at radius 2 is 1.22 bits per heavy atom. The van der Waals surface area contributed by atoms with Crippen LogP contribution in [0, 0.1) is 0 Å². The molecular weight excluding hydrogens is 352 g/mol. The third-order valence-electron chi connectivity index (χ3n) is 3.39. The number of halogens is 1. The first-order valence-corrected chi connectivity index (χ1v) is 8.23. The predicted molar refractivity (Wildman–Crippen MR) is 95.7 cm³/mol. The molecule has 0 heterocycles. The first-order chi connectivity index (χ1) is 11.3. The molecular formula is C20H17BrO2. The van der Waals surface area contributed by atoms with Gasteiger partial charge >= 0.3 is 0 Å². The van der Waals surface area contributed by atoms with Gasteiger partial charge in [0.2, 0.25) is 0 Å². The van der Waals surface area contributed by atoms with Crippen molar-refractivity contribution in [3.63, 3.8) is 0 Å². The van der Waals surface area contributed by atoms with Gasteiger partial charge in [0.25, 0.3) is 0 Å². The molecule has 3 rings (SSSR count). The van der Waals surface area contributed by atoms with Crippen molar-refractivity contribution < 1.29 is 9.47 Å². The first kappa shape index (κ1) is 15.6. The molecule has 0 radical (unpaired) electrons. The average Bonchev–Trinajstić information content (AvgIpc) is 2.62. The molecule has 0 spiro atoms. The van der Waals surface area contributed by atoms with Crippen molar-refractivity contribution in [1.29, 1.82) is 0 Å². The van der Waals surface area contributed by atoms with Gasteiger partial charge in [0.15, 0.2) is 0 Å². The minimum Gasteiger partial charge on any atom is -0.489 e. The molecule has 0 fully saturated rings. The Balaban J connectivity index is 1.64. The van der Waals surface area contributed by atoms with Gasteiger partial charge < -0.3 is 9.47 Å². The maximum atomic E-state index is 5.89. The summed E-state index contributed by atoms with van der Waals surface area (Å²) < 4.78 is 12.6. The lowest BCUT2D eigenvalue weighted by molar-refractivity contribution is 0.288. The Labute approximate surface area is 144 Å². The zero-order chi connectivity index (χ0) is 15.9. The third kappa shape index (κ3) is 4.60. The summed E-state index contributed by atoms with van der Waals surface area (Å²) in [6.07, 6.45) is 0. The lowest BCUT2D eigenvalue weighted by Crippen LogP contribution is -1.98. The number of benzene rings is 3. The minimum atomic E-state index is 0.529. The van der Waals surface area contributed by atoms with Crippen LogP contribution in [-0.4, -0.2) is 0 Å². The molecule has 3 aromatic rings. The smallest absolute Gasteiger partial charge is 0.137 e. The van der Waals surface area contributed by atoms with E-state index in [1.54, 1.807) is 0 Å². The highest BCUT2D eigenvalue weighted by Gasteiger charge is 2.05. The van der Waals surface area contributed by atoms with E-state index >= 15 is 0 Å². The van der Waals surface area contributed by atoms with Gasteiger partial charge in [0.05, 0.1) is 4.47 Å². The van der Waals surface area contributed by atoms with Gasteiger partial charge in [-0.25, -0.2) is 0 Å². The Bertz CT molecular complexity index is 742. The van der Waals surface area contributed by atoms with E-state index in [-0.39, 0.29) is 0 Å². The highest BCUT2D eigenvalue weighted by molar-refractivity contribution is 9.10. The van der Waals surface area contributed by atoms with Crippen molar-refractivity contribution in [2.75, 3.05) is 0 Å². The Morgan fingerprint density at radius 3 is 1.83 bits per heavy atom. The zero-order valence-corrected chi connectivity index (χ0v) is 14.2. The average molecular weight is 369 g/mol. The minimum absolute atomic E-state index is 0.529. The fraction of sp³-hybridized carbons (Fsp3) is 0.100. The van der Waals surface area contributed by atoms with Crippen LogP contribution in [0.4, 0.5) is 0 Å². The SMILES string of the molecule is Brc1ccc(OCc2ccccc2)cc1OCc1ccccc1. The molecule has 0 N–H and O–H groups in total. The normalized spacial score (nSPS) is 10.3. The molecule has 0 amide bonds. The van der Waals surface area contributed by atoms with Crippen molar-refractivity contribution in [2.24, 2.45) is 0 Å². The molecule has 0 aliphatic rings. The fourth-order valence-electron chi connectivity index (χ4n) is 2.16. The summed E-state index contributed by atoms with van der Waals surface area (Å²) in [5, 5.41) is 0. The van der Waals surface area contributed by atoms with Crippen LogP contribution in [-0.2, 0) is 13.2 Å². The number of rotatable bonds is 6. The lowest BCUT2D eigenvalue weighted by Gasteiger charge is -2.11. The zero-order valence-electron chi connectivity index (χ0n) is 12.6. The summed E-state index contributed by atoms with van der Waals surface area (Å²) in [6.45, 7) is 1.07. The van der Waals surface area contributed by atoms with E-state index in [4.69, 9.17) is 9.47 Å². The molecule has 0 atom stereocenters. The molecule has 3 aromatic carbocycles. The summed E-state index contributed by atoms with van der Waals surface area (Å²) in [4.78, 5) is 0. The van der Waals surface area contributed by atoms with Crippen LogP contribution >= 0.6 is 15.9 Å². The molecule has 116 valence electrons. The van der Waals surface area contributed by atoms with Crippen molar-refractivity contribution in [3.05, 3.63) is 94.5 Å². The summed E-state index contributed by atoms with van der Waals surface area (Å²) in [5.74, 6) is 1.57. The van der Waals surface area contributed by atoms with Crippen LogP contribution in [0.15, 0.2) is 83.3 Å². The standard InChI is InChI=1S/C20H17BrO2/c21-19-12-11-18(22-14-16-7-3-1-4-8-16)13-20(19)23-15-17-9-5-2-6-10-17/h1-13H,14-15H2. The third-order valence-corrected chi connectivity index (χ3v) is 4.04. The van der Waals surface area contributed by atoms with E-state index in [1.807, 2.05) is 78.9 Å². The van der Waals surface area contributed by atoms with E-state index in [2.05, 4.69) is 15.9 Å². The molecule has 0 saturated carbocycles. The summed E-state index contributed by atoms with van der Waals surface area (Å²) in [6, 6.07) is 26.0. The summed E-state index contributed by atoms with van der Waals surface area (Å²) in [5.41, 5.74) is 2.28. The topological polar surface area (TPSA) is 18.5 Å². The van der Waals surface area contributed by atoms with E-state index in [1.165, 1.54) is 0 Å². The Hall–Kier alpha value is -2.26. The van der Waals surface area contributed by atoms with Crippen molar-refractivity contribution >= 4 is 15.9 Å². The lowest BCUT2D eigenvalue weighted by atomic mass is 10.2. The molecule has 0 aliphatic carbocycles. The van der Waals surface area contributed by atoms with Crippen molar-refractivity contribution in [3.8, 4) is 11.5 Å². The first-order valence-electron chi connectivity index (χ1n) is 7.44. The van der Waals surface area contributed by atoms with Crippen molar-refractivity contribution in [2.45, 2.75) is 13.2 Å². The number of hydrogen-bond donors (Lipinski definition) is 0. The van der Waals surface area contributed by atoms with Crippen LogP contribution in [0.5, 0.6) is 11.5 Å². The molecule has 0 aliphatic heterocycles. The Kier molecular flexibility index (Phi) is 5.33. The molecule has 0 unspecified atom stereocenters. The second kappa shape index (κ2) is 7.84. The van der Waals surface area contributed by atoms with E-state index in [0.717, 1.165) is 27.1 Å². The predicted octanol–water partition coefficient (Wildman–Crippen LogP) is 5.61. The van der Waals surface area contributed by atoms with Gasteiger partial charge in [-0.3, -0.25) is 0 Å². The maximum Gasteiger partial charge on any atom is 0.137 e. The van der Waals surface area contributed by atoms with Crippen LogP contribution in [0.2, 0.25) is 0 Å². The van der Waals surface area contributed by atoms with Crippen molar-refractivity contribution in [1.82, 2.24) is 0 Å². The van der Waals surface area contributed by atoms with Crippen LogP contribution < -0.4 is 9.47 Å². The van der Waals surface area contributed by atoms with Gasteiger partial charge in [0.1, 0.15) is 24.7 Å². The molecule has 2 nitrogen and oxygen atoms in total. The van der Waals surface area contributed by atoms with E-state index in [0.29, 0.717) is 13.2 Å². The summed E-state index contributed by atoms with van der Waals surface area (Å²) >= 11 is 3.52.